The van der Waals surface area contributed by atoms with E-state index in [2.05, 4.69) is 20.8 Å². The fourth-order valence-corrected chi connectivity index (χ4v) is 4.33. The lowest BCUT2D eigenvalue weighted by Gasteiger charge is -2.21. The Bertz CT molecular complexity index is 1380. The maximum atomic E-state index is 15.2. The van der Waals surface area contributed by atoms with E-state index in [0.717, 1.165) is 6.07 Å². The molecule has 4 rings (SSSR count). The number of hydrogen-bond acceptors (Lipinski definition) is 7. The predicted octanol–water partition coefficient (Wildman–Crippen LogP) is 5.36. The molecule has 2 heterocycles. The minimum Gasteiger partial charge on any atom is -0.485 e. The first kappa shape index (κ1) is 28.5. The van der Waals surface area contributed by atoms with Gasteiger partial charge in [-0.15, -0.1) is 0 Å². The first-order valence-corrected chi connectivity index (χ1v) is 12.6. The van der Waals surface area contributed by atoms with Crippen LogP contribution in [-0.2, 0) is 4.79 Å². The fourth-order valence-electron chi connectivity index (χ4n) is 3.78. The Morgan fingerprint density at radius 1 is 1.18 bits per heavy atom. The summed E-state index contributed by atoms with van der Waals surface area (Å²) >= 11 is 12.2. The summed E-state index contributed by atoms with van der Waals surface area (Å²) in [7, 11) is 0. The van der Waals surface area contributed by atoms with Crippen molar-refractivity contribution in [1.29, 1.82) is 0 Å². The highest BCUT2D eigenvalue weighted by Gasteiger charge is 2.52. The van der Waals surface area contributed by atoms with Gasteiger partial charge in [0.2, 0.25) is 11.7 Å². The highest BCUT2D eigenvalue weighted by Crippen LogP contribution is 2.40. The van der Waals surface area contributed by atoms with Crippen molar-refractivity contribution < 1.29 is 36.8 Å². The second-order valence-corrected chi connectivity index (χ2v) is 9.59. The third-order valence-electron chi connectivity index (χ3n) is 5.84. The average molecular weight is 587 g/mol. The van der Waals surface area contributed by atoms with E-state index in [4.69, 9.17) is 37.2 Å². The Morgan fingerprint density at radius 3 is 2.56 bits per heavy atom. The summed E-state index contributed by atoms with van der Waals surface area (Å²) in [5.74, 6) is -2.02. The summed E-state index contributed by atoms with van der Waals surface area (Å²) < 4.78 is 55.8. The Kier molecular flexibility index (Phi) is 8.55. The molecule has 3 aromatic rings. The van der Waals surface area contributed by atoms with Gasteiger partial charge in [-0.25, -0.2) is 13.2 Å². The number of ether oxygens (including phenoxy) is 2. The van der Waals surface area contributed by atoms with Gasteiger partial charge >= 0.3 is 0 Å². The molecule has 0 spiro atoms. The van der Waals surface area contributed by atoms with Gasteiger partial charge in [0.25, 0.3) is 18.2 Å². The molecule has 9 nitrogen and oxygen atoms in total. The minimum absolute atomic E-state index is 0.0283. The third-order valence-corrected chi connectivity index (χ3v) is 6.34. The van der Waals surface area contributed by atoms with Crippen LogP contribution in [-0.4, -0.2) is 47.1 Å². The molecular weight excluding hydrogens is 564 g/mol. The van der Waals surface area contributed by atoms with Crippen LogP contribution >= 0.6 is 23.2 Å². The smallest absolute Gasteiger partial charge is 0.290 e. The van der Waals surface area contributed by atoms with Gasteiger partial charge in [0.1, 0.15) is 23.7 Å². The number of hydrogen-bond donors (Lipinski definition) is 2. The highest BCUT2D eigenvalue weighted by atomic mass is 35.5. The molecule has 1 fully saturated rings. The van der Waals surface area contributed by atoms with Gasteiger partial charge < -0.3 is 24.6 Å². The maximum absolute atomic E-state index is 15.2. The van der Waals surface area contributed by atoms with Crippen LogP contribution < -0.4 is 20.1 Å². The van der Waals surface area contributed by atoms with E-state index in [9.17, 15) is 18.4 Å². The number of carbonyl (C=O) groups excluding carboxylic acids is 2. The lowest BCUT2D eigenvalue weighted by atomic mass is 10.0. The normalized spacial score (nSPS) is 14.6. The molecule has 1 aromatic carbocycles. The zero-order chi connectivity index (χ0) is 28.3. The molecule has 0 radical (unpaired) electrons. The van der Waals surface area contributed by atoms with Crippen molar-refractivity contribution in [3.8, 4) is 22.8 Å². The summed E-state index contributed by atoms with van der Waals surface area (Å²) in [5.41, 5.74) is -0.932. The van der Waals surface area contributed by atoms with Gasteiger partial charge in [-0.3, -0.25) is 14.6 Å². The van der Waals surface area contributed by atoms with E-state index < -0.39 is 42.2 Å². The van der Waals surface area contributed by atoms with E-state index in [0.29, 0.717) is 19.4 Å². The monoisotopic (exact) mass is 586 g/mol. The molecule has 1 atom stereocenters. The quantitative estimate of drug-likeness (QED) is 0.310. The molecule has 0 aliphatic heterocycles. The SMILES string of the molecule is CCOc1cc(C(=O)NC2(C(=O)N[C@H](C)c3ncc(-c4cc(Cl)cc(Cl)c4OCC(F)F)cc3F)CC2)on1. The van der Waals surface area contributed by atoms with E-state index in [-0.39, 0.29) is 44.3 Å². The highest BCUT2D eigenvalue weighted by molar-refractivity contribution is 6.36. The largest absolute Gasteiger partial charge is 0.485 e. The molecule has 2 aromatic heterocycles. The molecule has 2 amide bonds. The van der Waals surface area contributed by atoms with E-state index in [1.54, 1.807) is 6.92 Å². The first-order valence-electron chi connectivity index (χ1n) is 11.8. The van der Waals surface area contributed by atoms with Crippen LogP contribution in [0.3, 0.4) is 0 Å². The van der Waals surface area contributed by atoms with E-state index in [1.807, 2.05) is 0 Å². The number of benzene rings is 1. The molecule has 14 heteroatoms. The van der Waals surface area contributed by atoms with Crippen LogP contribution in [0.5, 0.6) is 11.6 Å². The molecule has 1 aliphatic carbocycles. The average Bonchev–Trinajstić information content (AvgIpc) is 3.50. The summed E-state index contributed by atoms with van der Waals surface area (Å²) in [6.07, 6.45) is -0.730. The van der Waals surface area contributed by atoms with Gasteiger partial charge in [-0.05, 0) is 50.0 Å². The molecular formula is C25H23Cl2F3N4O5. The Balaban J connectivity index is 1.47. The van der Waals surface area contributed by atoms with Crippen LogP contribution in [0, 0.1) is 5.82 Å². The van der Waals surface area contributed by atoms with Gasteiger partial charge in [-0.2, -0.15) is 0 Å². The Hall–Kier alpha value is -3.51. The van der Waals surface area contributed by atoms with Crippen LogP contribution in [0.2, 0.25) is 10.0 Å². The van der Waals surface area contributed by atoms with Gasteiger partial charge in [0.05, 0.1) is 29.4 Å². The standard InChI is InChI=1S/C25H23Cl2F3N4O5/c1-3-37-20-9-18(39-34-20)23(35)33-25(4-5-25)24(36)32-12(2)21-17(28)6-13(10-31-21)15-7-14(26)8-16(27)22(15)38-11-19(29)30/h6-10,12,19H,3-5,11H2,1-2H3,(H,32,36)(H,33,35)/t12-/m1/s1. The molecule has 2 N–H and O–H groups in total. The molecule has 1 saturated carbocycles. The zero-order valence-electron chi connectivity index (χ0n) is 20.7. The topological polar surface area (TPSA) is 116 Å². The van der Waals surface area contributed by atoms with E-state index >= 15 is 4.39 Å². The molecule has 0 saturated heterocycles. The number of rotatable bonds is 11. The lowest BCUT2D eigenvalue weighted by Crippen LogP contribution is -2.49. The second-order valence-electron chi connectivity index (χ2n) is 8.75. The zero-order valence-corrected chi connectivity index (χ0v) is 22.2. The molecule has 39 heavy (non-hydrogen) atoms. The van der Waals surface area contributed by atoms with Crippen LogP contribution in [0.4, 0.5) is 13.2 Å². The first-order chi connectivity index (χ1) is 18.5. The molecule has 0 unspecified atom stereocenters. The van der Waals surface area contributed by atoms with Crippen molar-refractivity contribution in [3.63, 3.8) is 0 Å². The fraction of sp³-hybridized carbons (Fsp3) is 0.360. The number of halogens is 5. The summed E-state index contributed by atoms with van der Waals surface area (Å²) in [5, 5.41) is 9.07. The number of pyridine rings is 1. The van der Waals surface area contributed by atoms with Crippen molar-refractivity contribution in [2.24, 2.45) is 0 Å². The molecule has 1 aliphatic rings. The number of alkyl halides is 2. The number of carbonyl (C=O) groups is 2. The lowest BCUT2D eigenvalue weighted by molar-refractivity contribution is -0.124. The number of aromatic nitrogens is 2. The molecule has 208 valence electrons. The van der Waals surface area contributed by atoms with Crippen molar-refractivity contribution in [2.75, 3.05) is 13.2 Å². The van der Waals surface area contributed by atoms with Gasteiger partial charge in [0.15, 0.2) is 0 Å². The van der Waals surface area contributed by atoms with Crippen molar-refractivity contribution in [1.82, 2.24) is 20.8 Å². The van der Waals surface area contributed by atoms with Crippen molar-refractivity contribution in [2.45, 2.75) is 44.7 Å². The second kappa shape index (κ2) is 11.7. The van der Waals surface area contributed by atoms with Crippen molar-refractivity contribution >= 4 is 35.0 Å². The summed E-state index contributed by atoms with van der Waals surface area (Å²) in [4.78, 5) is 29.6. The van der Waals surface area contributed by atoms with Gasteiger partial charge in [-0.1, -0.05) is 23.2 Å². The van der Waals surface area contributed by atoms with Crippen LogP contribution in [0.25, 0.3) is 11.1 Å². The van der Waals surface area contributed by atoms with E-state index in [1.165, 1.54) is 31.3 Å². The van der Waals surface area contributed by atoms with Crippen molar-refractivity contribution in [3.05, 3.63) is 57.8 Å². The molecule has 0 bridgehead atoms. The minimum atomic E-state index is -2.76. The Labute approximate surface area is 230 Å². The summed E-state index contributed by atoms with van der Waals surface area (Å²) in [6, 6.07) is 4.24. The number of nitrogens with one attached hydrogen (secondary N) is 2. The van der Waals surface area contributed by atoms with Crippen LogP contribution in [0.15, 0.2) is 35.0 Å². The maximum Gasteiger partial charge on any atom is 0.290 e. The predicted molar refractivity (Wildman–Crippen MR) is 135 cm³/mol. The van der Waals surface area contributed by atoms with Crippen LogP contribution in [0.1, 0.15) is 49.0 Å². The third kappa shape index (κ3) is 6.56. The number of amides is 2. The summed E-state index contributed by atoms with van der Waals surface area (Å²) in [6.45, 7) is 2.69. The number of nitrogens with zero attached hydrogens (tertiary/aromatic N) is 2. The Morgan fingerprint density at radius 2 is 1.92 bits per heavy atom. The van der Waals surface area contributed by atoms with Gasteiger partial charge in [0, 0.05) is 22.3 Å².